The van der Waals surface area contributed by atoms with Gasteiger partial charge in [-0.15, -0.1) is 0 Å². The highest BCUT2D eigenvalue weighted by molar-refractivity contribution is 7.99. The van der Waals surface area contributed by atoms with Crippen LogP contribution in [0.25, 0.3) is 0 Å². The summed E-state index contributed by atoms with van der Waals surface area (Å²) in [6.45, 7) is 2.32. The first-order chi connectivity index (χ1) is 14.9. The molecule has 31 heavy (non-hydrogen) atoms. The smallest absolute Gasteiger partial charge is 0.269 e. The lowest BCUT2D eigenvalue weighted by atomic mass is 9.69. The van der Waals surface area contributed by atoms with Gasteiger partial charge in [0.25, 0.3) is 11.2 Å². The van der Waals surface area contributed by atoms with Crippen molar-refractivity contribution in [2.24, 2.45) is 5.73 Å². The Morgan fingerprint density at radius 1 is 1.45 bits per heavy atom. The molecule has 0 saturated heterocycles. The molecule has 1 unspecified atom stereocenters. The van der Waals surface area contributed by atoms with E-state index in [2.05, 4.69) is 4.98 Å². The van der Waals surface area contributed by atoms with Crippen LogP contribution in [0.15, 0.2) is 39.6 Å². The number of anilines is 1. The molecule has 1 aromatic heterocycles. The molecular formula is C19H14N6O5S. The minimum atomic E-state index is -1.97. The molecule has 3 aliphatic heterocycles. The number of nitrogens with zero attached hydrogens (tertiary/aromatic N) is 5. The van der Waals surface area contributed by atoms with E-state index in [-0.39, 0.29) is 40.7 Å². The maximum absolute atomic E-state index is 13.9. The van der Waals surface area contributed by atoms with Gasteiger partial charge in [-0.25, -0.2) is 0 Å². The average molecular weight is 438 g/mol. The van der Waals surface area contributed by atoms with Gasteiger partial charge in [-0.2, -0.15) is 10.2 Å². The SMILES string of the molecule is CCN1C(=O)C2(C(C#N)=C(N)Oc3nc4n(c(=O)c32)CCS4)c2cc([N+](=O)[O-])ccc21. The molecule has 12 heteroatoms. The number of nitro benzene ring substituents is 1. The number of non-ortho nitro benzene ring substituents is 1. The van der Waals surface area contributed by atoms with Gasteiger partial charge in [0.1, 0.15) is 17.2 Å². The molecule has 1 aromatic carbocycles. The number of rotatable bonds is 2. The zero-order chi connectivity index (χ0) is 22.1. The number of likely N-dealkylation sites (N-methyl/N-ethyl adjacent to an activating group) is 1. The largest absolute Gasteiger partial charge is 0.421 e. The Bertz CT molecular complexity index is 1340. The van der Waals surface area contributed by atoms with Crippen molar-refractivity contribution in [1.29, 1.82) is 5.26 Å². The lowest BCUT2D eigenvalue weighted by molar-refractivity contribution is -0.384. The van der Waals surface area contributed by atoms with Crippen molar-refractivity contribution in [1.82, 2.24) is 9.55 Å². The molecule has 11 nitrogen and oxygen atoms in total. The first-order valence-corrected chi connectivity index (χ1v) is 10.3. The molecule has 2 N–H and O–H groups in total. The fraction of sp³-hybridized carbons (Fsp3) is 0.263. The molecule has 3 aliphatic rings. The third-order valence-corrected chi connectivity index (χ3v) is 6.69. The molecule has 0 fully saturated rings. The van der Waals surface area contributed by atoms with Crippen LogP contribution in [0.3, 0.4) is 0 Å². The van der Waals surface area contributed by atoms with Crippen LogP contribution in [0.1, 0.15) is 18.1 Å². The number of nitrogens with two attached hydrogens (primary N) is 1. The lowest BCUT2D eigenvalue weighted by Gasteiger charge is -2.33. The highest BCUT2D eigenvalue weighted by Crippen LogP contribution is 2.54. The topological polar surface area (TPSA) is 157 Å². The van der Waals surface area contributed by atoms with E-state index in [4.69, 9.17) is 10.5 Å². The predicted octanol–water partition coefficient (Wildman–Crippen LogP) is 0.996. The molecule has 4 heterocycles. The van der Waals surface area contributed by atoms with Gasteiger partial charge < -0.3 is 15.4 Å². The Kier molecular flexibility index (Phi) is 3.90. The van der Waals surface area contributed by atoms with Crippen LogP contribution >= 0.6 is 11.8 Å². The highest BCUT2D eigenvalue weighted by atomic mass is 32.2. The number of carbonyl (C=O) groups excluding carboxylic acids is 1. The summed E-state index contributed by atoms with van der Waals surface area (Å²) in [6.07, 6.45) is 0. The van der Waals surface area contributed by atoms with Gasteiger partial charge in [0.2, 0.25) is 17.7 Å². The number of nitriles is 1. The minimum absolute atomic E-state index is 0.141. The second-order valence-electron chi connectivity index (χ2n) is 7.09. The molecule has 5 rings (SSSR count). The molecule has 156 valence electrons. The number of thioether (sulfide) groups is 1. The van der Waals surface area contributed by atoms with Gasteiger partial charge in [-0.3, -0.25) is 24.3 Å². The molecular weight excluding hydrogens is 424 g/mol. The summed E-state index contributed by atoms with van der Waals surface area (Å²) < 4.78 is 6.95. The second-order valence-corrected chi connectivity index (χ2v) is 8.15. The summed E-state index contributed by atoms with van der Waals surface area (Å²) >= 11 is 1.36. The average Bonchev–Trinajstić information content (AvgIpc) is 3.30. The summed E-state index contributed by atoms with van der Waals surface area (Å²) in [4.78, 5) is 44.1. The number of hydrogen-bond acceptors (Lipinski definition) is 9. The van der Waals surface area contributed by atoms with E-state index in [0.29, 0.717) is 23.1 Å². The van der Waals surface area contributed by atoms with Crippen LogP contribution in [0.4, 0.5) is 11.4 Å². The van der Waals surface area contributed by atoms with Crippen molar-refractivity contribution in [2.75, 3.05) is 17.2 Å². The van der Waals surface area contributed by atoms with Crippen molar-refractivity contribution in [3.8, 4) is 11.9 Å². The van der Waals surface area contributed by atoms with Gasteiger partial charge in [0, 0.05) is 42.2 Å². The number of nitro groups is 1. The van der Waals surface area contributed by atoms with Gasteiger partial charge in [0.05, 0.1) is 4.92 Å². The molecule has 0 bridgehead atoms. The maximum Gasteiger partial charge on any atom is 0.269 e. The Morgan fingerprint density at radius 3 is 2.90 bits per heavy atom. The maximum atomic E-state index is 13.9. The summed E-state index contributed by atoms with van der Waals surface area (Å²) in [6, 6.07) is 5.85. The number of ether oxygens (including phenoxy) is 1. The first-order valence-electron chi connectivity index (χ1n) is 9.33. The zero-order valence-electron chi connectivity index (χ0n) is 16.1. The van der Waals surface area contributed by atoms with Crippen molar-refractivity contribution in [2.45, 2.75) is 24.0 Å². The van der Waals surface area contributed by atoms with Crippen molar-refractivity contribution in [3.63, 3.8) is 0 Å². The van der Waals surface area contributed by atoms with Crippen LogP contribution in [-0.2, 0) is 16.8 Å². The Balaban J connectivity index is 1.97. The molecule has 0 radical (unpaired) electrons. The Morgan fingerprint density at radius 2 is 2.23 bits per heavy atom. The molecule has 0 aliphatic carbocycles. The van der Waals surface area contributed by atoms with E-state index >= 15 is 0 Å². The monoisotopic (exact) mass is 438 g/mol. The van der Waals surface area contributed by atoms with Crippen LogP contribution in [0, 0.1) is 21.4 Å². The predicted molar refractivity (Wildman–Crippen MR) is 109 cm³/mol. The van der Waals surface area contributed by atoms with Crippen LogP contribution in [0.2, 0.25) is 0 Å². The van der Waals surface area contributed by atoms with Gasteiger partial charge in [-0.05, 0) is 13.0 Å². The van der Waals surface area contributed by atoms with Crippen molar-refractivity contribution >= 4 is 29.0 Å². The van der Waals surface area contributed by atoms with Crippen LogP contribution in [0.5, 0.6) is 5.88 Å². The van der Waals surface area contributed by atoms with Gasteiger partial charge in [-0.1, -0.05) is 11.8 Å². The van der Waals surface area contributed by atoms with Crippen LogP contribution in [-0.4, -0.2) is 32.7 Å². The Hall–Kier alpha value is -3.85. The molecule has 0 saturated carbocycles. The summed E-state index contributed by atoms with van der Waals surface area (Å²) in [7, 11) is 0. The number of benzene rings is 1. The lowest BCUT2D eigenvalue weighted by Crippen LogP contribution is -2.50. The number of amides is 1. The van der Waals surface area contributed by atoms with E-state index < -0.39 is 21.8 Å². The summed E-state index contributed by atoms with van der Waals surface area (Å²) in [5.41, 5.74) is 3.33. The van der Waals surface area contributed by atoms with Crippen LogP contribution < -0.4 is 20.9 Å². The van der Waals surface area contributed by atoms with E-state index in [0.717, 1.165) is 0 Å². The fourth-order valence-electron chi connectivity index (χ4n) is 4.45. The fourth-order valence-corrected chi connectivity index (χ4v) is 5.38. The van der Waals surface area contributed by atoms with E-state index in [1.54, 1.807) is 6.92 Å². The third-order valence-electron chi connectivity index (χ3n) is 5.73. The number of hydrogen-bond donors (Lipinski definition) is 1. The van der Waals surface area contributed by atoms with Gasteiger partial charge in [0.15, 0.2) is 10.6 Å². The first kappa shape index (κ1) is 19.1. The van der Waals surface area contributed by atoms with E-state index in [1.807, 2.05) is 6.07 Å². The number of aromatic nitrogens is 2. The van der Waals surface area contributed by atoms with Crippen molar-refractivity contribution < 1.29 is 14.5 Å². The third kappa shape index (κ3) is 2.21. The molecule has 1 atom stereocenters. The standard InChI is InChI=1S/C19H14N6O5S/c1-2-23-12-4-3-9(25(28)29)7-10(12)19(17(23)27)11(8-20)14(21)30-15-13(19)16(26)24-5-6-31-18(24)22-15/h3-4,7H,2,5-6,21H2,1H3. The second kappa shape index (κ2) is 6.32. The highest BCUT2D eigenvalue weighted by Gasteiger charge is 2.61. The molecule has 2 aromatic rings. The zero-order valence-corrected chi connectivity index (χ0v) is 16.9. The van der Waals surface area contributed by atoms with E-state index in [9.17, 15) is 25.0 Å². The molecule has 1 spiro atoms. The Labute approximate surface area is 178 Å². The summed E-state index contributed by atoms with van der Waals surface area (Å²) in [5.74, 6) is -0.507. The normalized spacial score (nSPS) is 20.9. The number of fused-ring (bicyclic) bond motifs is 5. The minimum Gasteiger partial charge on any atom is -0.421 e. The molecule has 1 amide bonds. The number of carbonyl (C=O) groups is 1. The quantitative estimate of drug-likeness (QED) is 0.410. The van der Waals surface area contributed by atoms with Crippen molar-refractivity contribution in [3.05, 3.63) is 61.3 Å². The summed E-state index contributed by atoms with van der Waals surface area (Å²) in [5, 5.41) is 21.9. The van der Waals surface area contributed by atoms with Gasteiger partial charge >= 0.3 is 0 Å². The van der Waals surface area contributed by atoms with E-state index in [1.165, 1.54) is 39.4 Å².